The topological polar surface area (TPSA) is 38.3 Å². The van der Waals surface area contributed by atoms with Crippen molar-refractivity contribution in [3.8, 4) is 0 Å². The Bertz CT molecular complexity index is 362. The first-order chi connectivity index (χ1) is 9.15. The van der Waals surface area contributed by atoms with Gasteiger partial charge in [0.1, 0.15) is 0 Å². The molecule has 0 aliphatic rings. The van der Waals surface area contributed by atoms with Crippen molar-refractivity contribution in [2.24, 2.45) is 11.8 Å². The molecule has 0 aromatic heterocycles. The highest BCUT2D eigenvalue weighted by molar-refractivity contribution is 5.72. The molecule has 1 N–H and O–H groups in total. The van der Waals surface area contributed by atoms with Crippen LogP contribution in [0.25, 0.3) is 0 Å². The summed E-state index contributed by atoms with van der Waals surface area (Å²) < 4.78 is 5.10. The molecule has 0 amide bonds. The fourth-order valence-corrected chi connectivity index (χ4v) is 1.98. The quantitative estimate of drug-likeness (QED) is 0.579. The van der Waals surface area contributed by atoms with E-state index in [0.29, 0.717) is 19.1 Å². The van der Waals surface area contributed by atoms with Gasteiger partial charge in [-0.05, 0) is 31.4 Å². The number of carbonyl (C=O) groups is 1. The highest BCUT2D eigenvalue weighted by atomic mass is 16.5. The lowest BCUT2D eigenvalue weighted by molar-refractivity contribution is -0.149. The van der Waals surface area contributed by atoms with Crippen LogP contribution in [0.1, 0.15) is 26.3 Å². The maximum Gasteiger partial charge on any atom is 0.310 e. The van der Waals surface area contributed by atoms with Crippen LogP contribution in [0.2, 0.25) is 0 Å². The van der Waals surface area contributed by atoms with Crippen LogP contribution in [0, 0.1) is 11.8 Å². The number of benzene rings is 1. The van der Waals surface area contributed by atoms with Gasteiger partial charge in [-0.15, -0.1) is 0 Å². The minimum Gasteiger partial charge on any atom is -0.466 e. The van der Waals surface area contributed by atoms with Gasteiger partial charge in [0.2, 0.25) is 0 Å². The van der Waals surface area contributed by atoms with Gasteiger partial charge in [-0.1, -0.05) is 44.2 Å². The summed E-state index contributed by atoms with van der Waals surface area (Å²) in [6.45, 7) is 7.97. The molecule has 1 aromatic carbocycles. The molecule has 0 fully saturated rings. The second-order valence-corrected chi connectivity index (χ2v) is 5.04. The Morgan fingerprint density at radius 1 is 1.26 bits per heavy atom. The van der Waals surface area contributed by atoms with Gasteiger partial charge < -0.3 is 10.1 Å². The first-order valence-corrected chi connectivity index (χ1v) is 7.06. The average molecular weight is 263 g/mol. The Morgan fingerprint density at radius 3 is 2.53 bits per heavy atom. The van der Waals surface area contributed by atoms with Gasteiger partial charge in [0, 0.05) is 6.54 Å². The van der Waals surface area contributed by atoms with Gasteiger partial charge in [0.15, 0.2) is 0 Å². The van der Waals surface area contributed by atoms with Crippen molar-refractivity contribution in [3.05, 3.63) is 35.9 Å². The van der Waals surface area contributed by atoms with Crippen LogP contribution < -0.4 is 5.32 Å². The third-order valence-corrected chi connectivity index (χ3v) is 3.19. The number of rotatable bonds is 8. The highest BCUT2D eigenvalue weighted by Crippen LogP contribution is 2.12. The molecule has 1 unspecified atom stereocenters. The van der Waals surface area contributed by atoms with Crippen LogP contribution in [0.15, 0.2) is 30.3 Å². The van der Waals surface area contributed by atoms with E-state index in [4.69, 9.17) is 4.74 Å². The SMILES string of the molecule is CCOC(=O)C(CNCCc1ccccc1)C(C)C. The van der Waals surface area contributed by atoms with Gasteiger partial charge in [-0.3, -0.25) is 4.79 Å². The first kappa shape index (κ1) is 15.7. The molecule has 0 saturated heterocycles. The molecule has 0 spiro atoms. The van der Waals surface area contributed by atoms with Crippen molar-refractivity contribution in [2.75, 3.05) is 19.7 Å². The number of hydrogen-bond donors (Lipinski definition) is 1. The molecule has 0 heterocycles. The lowest BCUT2D eigenvalue weighted by atomic mass is 9.96. The number of ether oxygens (including phenoxy) is 1. The third-order valence-electron chi connectivity index (χ3n) is 3.19. The van der Waals surface area contributed by atoms with Gasteiger partial charge in [0.05, 0.1) is 12.5 Å². The molecular weight excluding hydrogens is 238 g/mol. The Kier molecular flexibility index (Phi) is 7.19. The predicted molar refractivity (Wildman–Crippen MR) is 78.0 cm³/mol. The summed E-state index contributed by atoms with van der Waals surface area (Å²) in [4.78, 5) is 11.8. The fraction of sp³-hybridized carbons (Fsp3) is 0.562. The van der Waals surface area contributed by atoms with E-state index in [-0.39, 0.29) is 11.9 Å². The van der Waals surface area contributed by atoms with Gasteiger partial charge in [-0.2, -0.15) is 0 Å². The van der Waals surface area contributed by atoms with Crippen molar-refractivity contribution in [1.82, 2.24) is 5.32 Å². The molecule has 106 valence electrons. The van der Waals surface area contributed by atoms with Crippen molar-refractivity contribution in [2.45, 2.75) is 27.2 Å². The molecule has 1 aromatic rings. The first-order valence-electron chi connectivity index (χ1n) is 7.06. The van der Waals surface area contributed by atoms with Crippen molar-refractivity contribution < 1.29 is 9.53 Å². The zero-order valence-electron chi connectivity index (χ0n) is 12.2. The molecule has 0 bridgehead atoms. The number of esters is 1. The zero-order chi connectivity index (χ0) is 14.1. The van der Waals surface area contributed by atoms with Crippen LogP contribution in [-0.2, 0) is 16.0 Å². The molecule has 0 saturated carbocycles. The summed E-state index contributed by atoms with van der Waals surface area (Å²) >= 11 is 0. The smallest absolute Gasteiger partial charge is 0.310 e. The molecule has 3 heteroatoms. The summed E-state index contributed by atoms with van der Waals surface area (Å²) in [6, 6.07) is 10.3. The summed E-state index contributed by atoms with van der Waals surface area (Å²) in [5.41, 5.74) is 1.31. The maximum absolute atomic E-state index is 11.8. The highest BCUT2D eigenvalue weighted by Gasteiger charge is 2.22. The van der Waals surface area contributed by atoms with Crippen LogP contribution in [-0.4, -0.2) is 25.7 Å². The van der Waals surface area contributed by atoms with E-state index in [1.165, 1.54) is 5.56 Å². The van der Waals surface area contributed by atoms with Crippen molar-refractivity contribution in [1.29, 1.82) is 0 Å². The second kappa shape index (κ2) is 8.70. The summed E-state index contributed by atoms with van der Waals surface area (Å²) in [7, 11) is 0. The lowest BCUT2D eigenvalue weighted by Crippen LogP contribution is -2.34. The number of nitrogens with one attached hydrogen (secondary N) is 1. The summed E-state index contributed by atoms with van der Waals surface area (Å²) in [5.74, 6) is 0.142. The Balaban J connectivity index is 2.31. The summed E-state index contributed by atoms with van der Waals surface area (Å²) in [5, 5.41) is 3.35. The fourth-order valence-electron chi connectivity index (χ4n) is 1.98. The van der Waals surface area contributed by atoms with E-state index in [1.54, 1.807) is 0 Å². The normalized spacial score (nSPS) is 12.4. The predicted octanol–water partition coefficient (Wildman–Crippen LogP) is 2.65. The largest absolute Gasteiger partial charge is 0.466 e. The third kappa shape index (κ3) is 5.88. The molecule has 1 atom stereocenters. The van der Waals surface area contributed by atoms with E-state index < -0.39 is 0 Å². The Hall–Kier alpha value is -1.35. The van der Waals surface area contributed by atoms with E-state index >= 15 is 0 Å². The zero-order valence-corrected chi connectivity index (χ0v) is 12.2. The molecule has 0 radical (unpaired) electrons. The monoisotopic (exact) mass is 263 g/mol. The number of hydrogen-bond acceptors (Lipinski definition) is 3. The Labute approximate surface area is 116 Å². The lowest BCUT2D eigenvalue weighted by Gasteiger charge is -2.19. The Morgan fingerprint density at radius 2 is 1.95 bits per heavy atom. The minimum absolute atomic E-state index is 0.0595. The van der Waals surface area contributed by atoms with Crippen molar-refractivity contribution >= 4 is 5.97 Å². The molecular formula is C16H25NO2. The van der Waals surface area contributed by atoms with Crippen LogP contribution in [0.5, 0.6) is 0 Å². The van der Waals surface area contributed by atoms with Gasteiger partial charge >= 0.3 is 5.97 Å². The maximum atomic E-state index is 11.8. The molecule has 0 aliphatic carbocycles. The molecule has 3 nitrogen and oxygen atoms in total. The summed E-state index contributed by atoms with van der Waals surface area (Å²) in [6.07, 6.45) is 0.981. The molecule has 0 aliphatic heterocycles. The van der Waals surface area contributed by atoms with Crippen molar-refractivity contribution in [3.63, 3.8) is 0 Å². The molecule has 19 heavy (non-hydrogen) atoms. The minimum atomic E-state index is -0.0929. The number of carbonyl (C=O) groups excluding carboxylic acids is 1. The van der Waals surface area contributed by atoms with Gasteiger partial charge in [-0.25, -0.2) is 0 Å². The van der Waals surface area contributed by atoms with E-state index in [9.17, 15) is 4.79 Å². The van der Waals surface area contributed by atoms with Crippen LogP contribution in [0.4, 0.5) is 0 Å². The second-order valence-electron chi connectivity index (χ2n) is 5.04. The molecule has 1 rings (SSSR count). The van der Waals surface area contributed by atoms with E-state index in [0.717, 1.165) is 13.0 Å². The average Bonchev–Trinajstić information content (AvgIpc) is 2.39. The van der Waals surface area contributed by atoms with E-state index in [2.05, 4.69) is 31.3 Å². The van der Waals surface area contributed by atoms with Crippen LogP contribution in [0.3, 0.4) is 0 Å². The standard InChI is InChI=1S/C16H25NO2/c1-4-19-16(18)15(13(2)3)12-17-11-10-14-8-6-5-7-9-14/h5-9,13,15,17H,4,10-12H2,1-3H3. The van der Waals surface area contributed by atoms with Crippen LogP contribution >= 0.6 is 0 Å². The van der Waals surface area contributed by atoms with Gasteiger partial charge in [0.25, 0.3) is 0 Å². The van der Waals surface area contributed by atoms with E-state index in [1.807, 2.05) is 25.1 Å².